The highest BCUT2D eigenvalue weighted by atomic mass is 16.5. The van der Waals surface area contributed by atoms with Crippen molar-refractivity contribution in [2.75, 3.05) is 0 Å². The van der Waals surface area contributed by atoms with Gasteiger partial charge < -0.3 is 4.74 Å². The van der Waals surface area contributed by atoms with Gasteiger partial charge in [-0.2, -0.15) is 15.8 Å². The zero-order valence-corrected chi connectivity index (χ0v) is 11.1. The third-order valence-corrected chi connectivity index (χ3v) is 3.06. The van der Waals surface area contributed by atoms with Crippen LogP contribution in [0.25, 0.3) is 5.57 Å². The highest BCUT2D eigenvalue weighted by Crippen LogP contribution is 2.44. The Balaban J connectivity index is 2.78. The molecule has 0 amide bonds. The van der Waals surface area contributed by atoms with Gasteiger partial charge in [0, 0.05) is 5.57 Å². The molecule has 2 rings (SSSR count). The first-order valence-corrected chi connectivity index (χ1v) is 5.99. The lowest BCUT2D eigenvalue weighted by molar-refractivity contribution is 0.109. The van der Waals surface area contributed by atoms with Gasteiger partial charge in [-0.25, -0.2) is 0 Å². The van der Waals surface area contributed by atoms with Crippen molar-refractivity contribution in [3.05, 3.63) is 52.8 Å². The van der Waals surface area contributed by atoms with Crippen molar-refractivity contribution in [1.29, 1.82) is 15.8 Å². The molecule has 0 fully saturated rings. The number of nitrogens with zero attached hydrogens (tertiary/aromatic N) is 3. The second kappa shape index (κ2) is 4.92. The van der Waals surface area contributed by atoms with Crippen LogP contribution in [0.1, 0.15) is 19.4 Å². The van der Waals surface area contributed by atoms with Crippen LogP contribution in [0.15, 0.2) is 47.2 Å². The molecule has 96 valence electrons. The molecule has 0 saturated heterocycles. The summed E-state index contributed by atoms with van der Waals surface area (Å²) in [6.45, 7) is 3.62. The fraction of sp³-hybridized carbons (Fsp3) is 0.188. The normalized spacial score (nSPS) is 15.8. The van der Waals surface area contributed by atoms with E-state index in [0.717, 1.165) is 5.56 Å². The second-order valence-corrected chi connectivity index (χ2v) is 4.77. The number of hydrogen-bond acceptors (Lipinski definition) is 4. The summed E-state index contributed by atoms with van der Waals surface area (Å²) < 4.78 is 5.70. The first-order chi connectivity index (χ1) is 9.55. The number of rotatable bonds is 1. The molecule has 1 aromatic carbocycles. The summed E-state index contributed by atoms with van der Waals surface area (Å²) in [6.07, 6.45) is 0. The molecule has 0 spiro atoms. The monoisotopic (exact) mass is 261 g/mol. The summed E-state index contributed by atoms with van der Waals surface area (Å²) >= 11 is 0. The van der Waals surface area contributed by atoms with Crippen molar-refractivity contribution in [3.8, 4) is 18.2 Å². The van der Waals surface area contributed by atoms with Crippen molar-refractivity contribution < 1.29 is 4.74 Å². The fourth-order valence-corrected chi connectivity index (χ4v) is 2.28. The van der Waals surface area contributed by atoms with Crippen molar-refractivity contribution >= 4 is 5.57 Å². The summed E-state index contributed by atoms with van der Waals surface area (Å²) in [6, 6.07) is 15.0. The number of benzene rings is 1. The van der Waals surface area contributed by atoms with Crippen molar-refractivity contribution in [1.82, 2.24) is 0 Å². The van der Waals surface area contributed by atoms with Crippen LogP contribution in [0.5, 0.6) is 0 Å². The number of ether oxygens (including phenoxy) is 1. The average molecular weight is 261 g/mol. The van der Waals surface area contributed by atoms with E-state index in [1.165, 1.54) is 0 Å². The lowest BCUT2D eigenvalue weighted by Crippen LogP contribution is -2.20. The van der Waals surface area contributed by atoms with E-state index in [2.05, 4.69) is 6.07 Å². The van der Waals surface area contributed by atoms with Gasteiger partial charge in [-0.3, -0.25) is 0 Å². The van der Waals surface area contributed by atoms with E-state index in [4.69, 9.17) is 15.3 Å². The molecule has 0 unspecified atom stereocenters. The van der Waals surface area contributed by atoms with Gasteiger partial charge in [-0.15, -0.1) is 0 Å². The van der Waals surface area contributed by atoms with E-state index in [1.807, 2.05) is 44.2 Å². The summed E-state index contributed by atoms with van der Waals surface area (Å²) in [7, 11) is 0. The molecule has 0 radical (unpaired) electrons. The molecule has 20 heavy (non-hydrogen) atoms. The highest BCUT2D eigenvalue weighted by Gasteiger charge is 2.40. The van der Waals surface area contributed by atoms with E-state index in [-0.39, 0.29) is 16.9 Å². The van der Waals surface area contributed by atoms with E-state index in [1.54, 1.807) is 12.1 Å². The van der Waals surface area contributed by atoms with Gasteiger partial charge in [-0.05, 0) is 19.4 Å². The van der Waals surface area contributed by atoms with Crippen molar-refractivity contribution in [2.45, 2.75) is 19.4 Å². The molecule has 0 aliphatic carbocycles. The van der Waals surface area contributed by atoms with Crippen LogP contribution in [0.4, 0.5) is 0 Å². The molecular formula is C16H11N3O. The van der Waals surface area contributed by atoms with Gasteiger partial charge in [0.2, 0.25) is 0 Å². The maximum Gasteiger partial charge on any atom is 0.172 e. The Morgan fingerprint density at radius 1 is 1.05 bits per heavy atom. The zero-order valence-electron chi connectivity index (χ0n) is 11.1. The summed E-state index contributed by atoms with van der Waals surface area (Å²) in [5.74, 6) is 0.0707. The van der Waals surface area contributed by atoms with Gasteiger partial charge in [0.05, 0.1) is 0 Å². The molecule has 1 aliphatic rings. The van der Waals surface area contributed by atoms with Crippen molar-refractivity contribution in [3.63, 3.8) is 0 Å². The van der Waals surface area contributed by atoms with Gasteiger partial charge >= 0.3 is 0 Å². The van der Waals surface area contributed by atoms with Gasteiger partial charge in [0.1, 0.15) is 29.4 Å². The number of nitriles is 3. The summed E-state index contributed by atoms with van der Waals surface area (Å²) in [5, 5.41) is 27.4. The zero-order chi connectivity index (χ0) is 14.8. The molecule has 4 nitrogen and oxygen atoms in total. The van der Waals surface area contributed by atoms with E-state index in [9.17, 15) is 5.26 Å². The van der Waals surface area contributed by atoms with Crippen LogP contribution in [0.3, 0.4) is 0 Å². The summed E-state index contributed by atoms with van der Waals surface area (Å²) in [4.78, 5) is 0. The van der Waals surface area contributed by atoms with Crippen LogP contribution in [0.2, 0.25) is 0 Å². The molecule has 0 N–H and O–H groups in total. The molecule has 0 bridgehead atoms. The number of allylic oxidation sites excluding steroid dienone is 2. The van der Waals surface area contributed by atoms with Crippen LogP contribution < -0.4 is 0 Å². The lowest BCUT2D eigenvalue weighted by Gasteiger charge is -2.22. The average Bonchev–Trinajstić information content (AvgIpc) is 2.72. The minimum Gasteiger partial charge on any atom is -0.480 e. The molecule has 0 saturated carbocycles. The quantitative estimate of drug-likeness (QED) is 0.727. The Kier molecular flexibility index (Phi) is 3.30. The third-order valence-electron chi connectivity index (χ3n) is 3.06. The molecular weight excluding hydrogens is 250 g/mol. The topological polar surface area (TPSA) is 80.6 Å². The Labute approximate surface area is 117 Å². The molecule has 1 heterocycles. The largest absolute Gasteiger partial charge is 0.480 e. The van der Waals surface area contributed by atoms with Crippen LogP contribution in [-0.2, 0) is 4.74 Å². The summed E-state index contributed by atoms with van der Waals surface area (Å²) in [5.41, 5.74) is 0.846. The lowest BCUT2D eigenvalue weighted by atomic mass is 9.89. The van der Waals surface area contributed by atoms with Gasteiger partial charge in [0.25, 0.3) is 0 Å². The molecule has 4 heteroatoms. The van der Waals surface area contributed by atoms with E-state index in [0.29, 0.717) is 5.57 Å². The molecule has 1 aliphatic heterocycles. The van der Waals surface area contributed by atoms with Gasteiger partial charge in [0.15, 0.2) is 11.3 Å². The SMILES string of the molecule is CC1(C)OC(=C(C#N)C#N)C(C#N)=C1c1ccccc1. The van der Waals surface area contributed by atoms with Crippen LogP contribution in [0, 0.1) is 34.0 Å². The fourth-order valence-electron chi connectivity index (χ4n) is 2.28. The molecule has 1 aromatic rings. The smallest absolute Gasteiger partial charge is 0.172 e. The first kappa shape index (κ1) is 13.4. The third kappa shape index (κ3) is 2.03. The van der Waals surface area contributed by atoms with Gasteiger partial charge in [-0.1, -0.05) is 30.3 Å². The predicted octanol–water partition coefficient (Wildman–Crippen LogP) is 3.07. The van der Waals surface area contributed by atoms with E-state index >= 15 is 0 Å². The van der Waals surface area contributed by atoms with Crippen LogP contribution >= 0.6 is 0 Å². The first-order valence-electron chi connectivity index (χ1n) is 5.99. The van der Waals surface area contributed by atoms with Crippen molar-refractivity contribution in [2.24, 2.45) is 0 Å². The maximum absolute atomic E-state index is 9.40. The maximum atomic E-state index is 9.40. The van der Waals surface area contributed by atoms with Crippen LogP contribution in [-0.4, -0.2) is 5.60 Å². The molecule has 0 atom stereocenters. The Hall–Kier alpha value is -3.03. The molecule has 0 aromatic heterocycles. The minimum atomic E-state index is -0.763. The second-order valence-electron chi connectivity index (χ2n) is 4.77. The minimum absolute atomic E-state index is 0.0707. The Morgan fingerprint density at radius 3 is 2.15 bits per heavy atom. The number of hydrogen-bond donors (Lipinski definition) is 0. The Bertz CT molecular complexity index is 719. The standard InChI is InChI=1S/C16H11N3O/c1-16(2)14(11-6-4-3-5-7-11)13(10-19)15(20-16)12(8-17)9-18/h3-7H,1-2H3. The highest BCUT2D eigenvalue weighted by molar-refractivity contribution is 5.84. The Morgan fingerprint density at radius 2 is 1.65 bits per heavy atom. The van der Waals surface area contributed by atoms with E-state index < -0.39 is 5.60 Å². The predicted molar refractivity (Wildman–Crippen MR) is 72.4 cm³/mol.